The number of benzene rings is 3. The molecule has 2 amide bonds. The van der Waals surface area contributed by atoms with Crippen LogP contribution in [0.2, 0.25) is 5.02 Å². The molecule has 0 unspecified atom stereocenters. The van der Waals surface area contributed by atoms with Crippen LogP contribution in [0.4, 0.5) is 13.2 Å². The number of rotatable bonds is 8. The third kappa shape index (κ3) is 6.83. The van der Waals surface area contributed by atoms with Crippen LogP contribution >= 0.6 is 27.5 Å². The number of nitrogens with zero attached hydrogens (tertiary/aromatic N) is 4. The second kappa shape index (κ2) is 13.1. The Morgan fingerprint density at radius 1 is 1.06 bits per heavy atom. The summed E-state index contributed by atoms with van der Waals surface area (Å²) in [5.74, 6) is -0.662. The number of oxazole rings is 1. The van der Waals surface area contributed by atoms with Crippen LogP contribution in [0.1, 0.15) is 32.1 Å². The molecule has 3 heterocycles. The van der Waals surface area contributed by atoms with Crippen LogP contribution in [0.15, 0.2) is 92.9 Å². The lowest BCUT2D eigenvalue weighted by molar-refractivity contribution is -0.153. The quantitative estimate of drug-likeness (QED) is 0.203. The third-order valence-corrected chi connectivity index (χ3v) is 8.70. The number of amides is 2. The molecule has 0 saturated carbocycles. The minimum absolute atomic E-state index is 0.0288. The van der Waals surface area contributed by atoms with E-state index in [1.807, 2.05) is 0 Å². The molecule has 6 rings (SSSR count). The zero-order valence-corrected chi connectivity index (χ0v) is 26.6. The summed E-state index contributed by atoms with van der Waals surface area (Å²) < 4.78 is 51.5. The van der Waals surface area contributed by atoms with Crippen molar-refractivity contribution in [2.45, 2.75) is 25.8 Å². The SMILES string of the molecule is O=C(NCc1ccccc1-c1ncco1)c1c2n(c(=O)n1-c1ccc(OCC(F)(F)F)cc1)CCN(C(=O)c1ccc(Br)c(Cl)c1)C2. The first-order valence-electron chi connectivity index (χ1n) is 14.1. The maximum atomic E-state index is 14.0. The minimum atomic E-state index is -4.53. The van der Waals surface area contributed by atoms with Gasteiger partial charge < -0.3 is 19.4 Å². The van der Waals surface area contributed by atoms with Crippen LogP contribution in [0.3, 0.4) is 0 Å². The molecule has 10 nitrogen and oxygen atoms in total. The molecule has 0 bridgehead atoms. The Kier molecular flexibility index (Phi) is 8.97. The lowest BCUT2D eigenvalue weighted by atomic mass is 10.1. The zero-order chi connectivity index (χ0) is 33.3. The third-order valence-electron chi connectivity index (χ3n) is 7.46. The van der Waals surface area contributed by atoms with Gasteiger partial charge >= 0.3 is 11.9 Å². The molecular formula is C32H24BrClF3N5O5. The van der Waals surface area contributed by atoms with Crippen molar-refractivity contribution in [2.24, 2.45) is 0 Å². The van der Waals surface area contributed by atoms with Gasteiger partial charge in [0.2, 0.25) is 5.89 Å². The van der Waals surface area contributed by atoms with Crippen molar-refractivity contribution < 1.29 is 31.9 Å². The number of aromatic nitrogens is 3. The Morgan fingerprint density at radius 2 is 1.83 bits per heavy atom. The number of hydrogen-bond donors (Lipinski definition) is 1. The fraction of sp³-hybridized carbons (Fsp3) is 0.188. The zero-order valence-electron chi connectivity index (χ0n) is 24.3. The first-order chi connectivity index (χ1) is 22.5. The standard InChI is InChI=1S/C32H24BrClF3N5O5/c33-24-10-5-19(15-25(24)34)30(44)40-12-13-41-26(17-40)27(28(43)39-16-20-3-1-2-4-23(20)29-38-11-14-46-29)42(31(41)45)21-6-8-22(9-7-21)47-18-32(35,36)37/h1-11,14-15H,12-13,16-18H2,(H,39,43). The molecule has 5 aromatic rings. The van der Waals surface area contributed by atoms with Gasteiger partial charge in [-0.05, 0) is 70.0 Å². The number of nitrogens with one attached hydrogen (secondary N) is 1. The van der Waals surface area contributed by atoms with E-state index in [0.717, 1.165) is 0 Å². The van der Waals surface area contributed by atoms with Gasteiger partial charge in [0.1, 0.15) is 17.7 Å². The first kappa shape index (κ1) is 32.1. The Hall–Kier alpha value is -4.82. The van der Waals surface area contributed by atoms with E-state index in [2.05, 4.69) is 26.2 Å². The van der Waals surface area contributed by atoms with E-state index < -0.39 is 24.4 Å². The summed E-state index contributed by atoms with van der Waals surface area (Å²) in [4.78, 5) is 47.0. The molecule has 1 aliphatic rings. The lowest BCUT2D eigenvalue weighted by Crippen LogP contribution is -2.41. The molecule has 0 atom stereocenters. The number of carbonyl (C=O) groups excluding carboxylic acids is 2. The van der Waals surface area contributed by atoms with Crippen molar-refractivity contribution in [3.05, 3.63) is 122 Å². The van der Waals surface area contributed by atoms with E-state index in [1.54, 1.807) is 36.4 Å². The van der Waals surface area contributed by atoms with Crippen molar-refractivity contribution in [1.29, 1.82) is 0 Å². The Morgan fingerprint density at radius 3 is 2.53 bits per heavy atom. The summed E-state index contributed by atoms with van der Waals surface area (Å²) in [6.45, 7) is -1.24. The van der Waals surface area contributed by atoms with E-state index in [-0.39, 0.29) is 54.9 Å². The average molecular weight is 731 g/mol. The van der Waals surface area contributed by atoms with Crippen LogP contribution in [-0.2, 0) is 19.6 Å². The molecule has 2 aromatic heterocycles. The van der Waals surface area contributed by atoms with E-state index in [1.165, 1.54) is 56.8 Å². The number of ether oxygens (including phenoxy) is 1. The first-order valence-corrected chi connectivity index (χ1v) is 15.3. The highest BCUT2D eigenvalue weighted by Gasteiger charge is 2.33. The van der Waals surface area contributed by atoms with Gasteiger partial charge in [-0.15, -0.1) is 0 Å². The van der Waals surface area contributed by atoms with E-state index >= 15 is 0 Å². The highest BCUT2D eigenvalue weighted by Crippen LogP contribution is 2.27. The molecular weight excluding hydrogens is 707 g/mol. The maximum Gasteiger partial charge on any atom is 0.422 e. The molecule has 3 aromatic carbocycles. The second-order valence-electron chi connectivity index (χ2n) is 10.5. The molecule has 15 heteroatoms. The van der Waals surface area contributed by atoms with Gasteiger partial charge in [-0.25, -0.2) is 9.78 Å². The predicted molar refractivity (Wildman–Crippen MR) is 169 cm³/mol. The number of hydrogen-bond acceptors (Lipinski definition) is 6. The Balaban J connectivity index is 1.35. The summed E-state index contributed by atoms with van der Waals surface area (Å²) in [7, 11) is 0. The van der Waals surface area contributed by atoms with Gasteiger partial charge in [-0.2, -0.15) is 13.2 Å². The van der Waals surface area contributed by atoms with Crippen molar-refractivity contribution in [1.82, 2.24) is 24.3 Å². The highest BCUT2D eigenvalue weighted by molar-refractivity contribution is 9.10. The van der Waals surface area contributed by atoms with E-state index in [4.69, 9.17) is 20.8 Å². The van der Waals surface area contributed by atoms with Crippen molar-refractivity contribution in [3.8, 4) is 22.9 Å². The number of halogens is 5. The van der Waals surface area contributed by atoms with Crippen LogP contribution in [-0.4, -0.2) is 50.2 Å². The number of alkyl halides is 3. The summed E-state index contributed by atoms with van der Waals surface area (Å²) in [5, 5.41) is 3.22. The molecule has 1 N–H and O–H groups in total. The molecule has 0 aliphatic carbocycles. The van der Waals surface area contributed by atoms with Gasteiger partial charge in [0.15, 0.2) is 6.61 Å². The minimum Gasteiger partial charge on any atom is -0.484 e. The summed E-state index contributed by atoms with van der Waals surface area (Å²) in [6, 6.07) is 17.3. The molecule has 47 heavy (non-hydrogen) atoms. The monoisotopic (exact) mass is 729 g/mol. The largest absolute Gasteiger partial charge is 0.484 e. The fourth-order valence-electron chi connectivity index (χ4n) is 5.27. The summed E-state index contributed by atoms with van der Waals surface area (Å²) in [5.41, 5.74) is 1.62. The van der Waals surface area contributed by atoms with E-state index in [9.17, 15) is 27.6 Å². The number of imidazole rings is 1. The van der Waals surface area contributed by atoms with Crippen LogP contribution in [0, 0.1) is 0 Å². The fourth-order valence-corrected chi connectivity index (χ4v) is 5.70. The van der Waals surface area contributed by atoms with E-state index in [0.29, 0.717) is 32.1 Å². The average Bonchev–Trinajstić information content (AvgIpc) is 3.70. The van der Waals surface area contributed by atoms with Crippen LogP contribution < -0.4 is 15.7 Å². The Bertz CT molecular complexity index is 2010. The second-order valence-corrected chi connectivity index (χ2v) is 11.8. The number of fused-ring (bicyclic) bond motifs is 1. The van der Waals surface area contributed by atoms with Gasteiger partial charge in [-0.3, -0.25) is 18.7 Å². The number of carbonyl (C=O) groups is 2. The molecule has 0 fully saturated rings. The van der Waals surface area contributed by atoms with Gasteiger partial charge in [0.25, 0.3) is 11.8 Å². The van der Waals surface area contributed by atoms with Crippen LogP contribution in [0.25, 0.3) is 17.1 Å². The normalized spacial score (nSPS) is 12.9. The lowest BCUT2D eigenvalue weighted by Gasteiger charge is -2.28. The van der Waals surface area contributed by atoms with Gasteiger partial charge in [0.05, 0.1) is 29.1 Å². The molecule has 0 radical (unpaired) electrons. The summed E-state index contributed by atoms with van der Waals surface area (Å²) >= 11 is 9.54. The smallest absolute Gasteiger partial charge is 0.422 e. The summed E-state index contributed by atoms with van der Waals surface area (Å²) in [6.07, 6.45) is -1.59. The molecule has 242 valence electrons. The molecule has 0 saturated heterocycles. The molecule has 0 spiro atoms. The van der Waals surface area contributed by atoms with Crippen molar-refractivity contribution in [3.63, 3.8) is 0 Å². The highest BCUT2D eigenvalue weighted by atomic mass is 79.9. The van der Waals surface area contributed by atoms with Gasteiger partial charge in [-0.1, -0.05) is 29.8 Å². The predicted octanol–water partition coefficient (Wildman–Crippen LogP) is 6.24. The molecule has 1 aliphatic heterocycles. The topological polar surface area (TPSA) is 112 Å². The van der Waals surface area contributed by atoms with Crippen molar-refractivity contribution >= 4 is 39.3 Å². The maximum absolute atomic E-state index is 14.0. The Labute approximate surface area is 278 Å². The van der Waals surface area contributed by atoms with Crippen LogP contribution in [0.5, 0.6) is 5.75 Å². The van der Waals surface area contributed by atoms with Gasteiger partial charge in [0, 0.05) is 35.2 Å². The van der Waals surface area contributed by atoms with Crippen molar-refractivity contribution in [2.75, 3.05) is 13.2 Å².